The summed E-state index contributed by atoms with van der Waals surface area (Å²) < 4.78 is 1.83. The molecule has 0 aromatic carbocycles. The molecule has 90 valence electrons. The van der Waals surface area contributed by atoms with Crippen LogP contribution in [0.1, 0.15) is 43.6 Å². The first-order chi connectivity index (χ1) is 7.34. The molecule has 0 bridgehead atoms. The lowest BCUT2D eigenvalue weighted by atomic mass is 10.0. The van der Waals surface area contributed by atoms with Crippen LogP contribution in [-0.4, -0.2) is 4.57 Å². The second kappa shape index (κ2) is 4.83. The molecule has 2 N–H and O–H groups in total. The van der Waals surface area contributed by atoms with Crippen LogP contribution >= 0.6 is 0 Å². The molecule has 0 aliphatic carbocycles. The molecule has 0 saturated heterocycles. The van der Waals surface area contributed by atoms with Gasteiger partial charge in [-0.1, -0.05) is 13.8 Å². The monoisotopic (exact) mass is 222 g/mol. The molecule has 16 heavy (non-hydrogen) atoms. The van der Waals surface area contributed by atoms with Gasteiger partial charge in [0.15, 0.2) is 0 Å². The summed E-state index contributed by atoms with van der Waals surface area (Å²) in [5.74, 6) is 0.458. The van der Waals surface area contributed by atoms with E-state index in [2.05, 4.69) is 13.8 Å². The van der Waals surface area contributed by atoms with Crippen LogP contribution in [-0.2, 0) is 6.54 Å². The van der Waals surface area contributed by atoms with Crippen LogP contribution in [0.5, 0.6) is 0 Å². The zero-order valence-electron chi connectivity index (χ0n) is 10.9. The molecule has 3 nitrogen and oxygen atoms in total. The minimum absolute atomic E-state index is 0.0706. The summed E-state index contributed by atoms with van der Waals surface area (Å²) in [6.45, 7) is 10.8. The number of hydrogen-bond acceptors (Lipinski definition) is 2. The van der Waals surface area contributed by atoms with Gasteiger partial charge >= 0.3 is 0 Å². The second-order valence-electron chi connectivity index (χ2n) is 4.98. The molecule has 0 spiro atoms. The number of nitrogens with two attached hydrogens (primary N) is 1. The third kappa shape index (κ3) is 2.53. The van der Waals surface area contributed by atoms with Crippen molar-refractivity contribution in [1.29, 1.82) is 0 Å². The summed E-state index contributed by atoms with van der Waals surface area (Å²) in [6.07, 6.45) is 0. The van der Waals surface area contributed by atoms with E-state index in [1.54, 1.807) is 0 Å². The van der Waals surface area contributed by atoms with E-state index in [-0.39, 0.29) is 11.6 Å². The van der Waals surface area contributed by atoms with Crippen molar-refractivity contribution in [3.05, 3.63) is 33.2 Å². The Morgan fingerprint density at radius 3 is 2.31 bits per heavy atom. The zero-order valence-corrected chi connectivity index (χ0v) is 10.9. The molecule has 0 fully saturated rings. The molecule has 1 unspecified atom stereocenters. The van der Waals surface area contributed by atoms with Gasteiger partial charge in [-0.25, -0.2) is 0 Å². The number of rotatable bonds is 3. The smallest absolute Gasteiger partial charge is 0.255 e. The summed E-state index contributed by atoms with van der Waals surface area (Å²) >= 11 is 0. The Hall–Kier alpha value is -1.09. The average Bonchev–Trinajstić information content (AvgIpc) is 2.10. The van der Waals surface area contributed by atoms with Crippen LogP contribution in [0.2, 0.25) is 0 Å². The highest BCUT2D eigenvalue weighted by atomic mass is 16.1. The standard InChI is InChI=1S/C13H22N2O/c1-8(2)7-15-10(4)6-9(3)12(11(5)14)13(15)16/h6,8,11H,7,14H2,1-5H3. The van der Waals surface area contributed by atoms with Crippen molar-refractivity contribution in [3.63, 3.8) is 0 Å². The van der Waals surface area contributed by atoms with Crippen LogP contribution in [0.3, 0.4) is 0 Å². The van der Waals surface area contributed by atoms with Gasteiger partial charge in [0.1, 0.15) is 0 Å². The summed E-state index contributed by atoms with van der Waals surface area (Å²) in [4.78, 5) is 12.3. The van der Waals surface area contributed by atoms with E-state index in [9.17, 15) is 4.79 Å². The second-order valence-corrected chi connectivity index (χ2v) is 4.98. The summed E-state index contributed by atoms with van der Waals surface area (Å²) in [6, 6.07) is 1.84. The van der Waals surface area contributed by atoms with Crippen molar-refractivity contribution in [2.24, 2.45) is 11.7 Å². The van der Waals surface area contributed by atoms with Gasteiger partial charge in [-0.3, -0.25) is 4.79 Å². The highest BCUT2D eigenvalue weighted by Gasteiger charge is 2.13. The summed E-state index contributed by atoms with van der Waals surface area (Å²) in [5, 5.41) is 0. The van der Waals surface area contributed by atoms with E-state index in [4.69, 9.17) is 5.73 Å². The van der Waals surface area contributed by atoms with E-state index >= 15 is 0 Å². The molecule has 0 aliphatic heterocycles. The van der Waals surface area contributed by atoms with Crippen LogP contribution in [0, 0.1) is 19.8 Å². The Bertz CT molecular complexity index is 430. The molecule has 1 aromatic heterocycles. The van der Waals surface area contributed by atoms with Crippen LogP contribution in [0.25, 0.3) is 0 Å². The average molecular weight is 222 g/mol. The Morgan fingerprint density at radius 2 is 1.88 bits per heavy atom. The third-order valence-corrected chi connectivity index (χ3v) is 2.75. The van der Waals surface area contributed by atoms with Gasteiger partial charge in [-0.05, 0) is 38.3 Å². The van der Waals surface area contributed by atoms with Crippen LogP contribution in [0.4, 0.5) is 0 Å². The fourth-order valence-electron chi connectivity index (χ4n) is 2.09. The fourth-order valence-corrected chi connectivity index (χ4v) is 2.09. The maximum atomic E-state index is 12.3. The highest BCUT2D eigenvalue weighted by molar-refractivity contribution is 5.28. The molecular weight excluding hydrogens is 200 g/mol. The summed E-state index contributed by atoms with van der Waals surface area (Å²) in [7, 11) is 0. The molecule has 1 heterocycles. The van der Waals surface area contributed by atoms with Gasteiger partial charge in [-0.2, -0.15) is 0 Å². The Balaban J connectivity index is 3.40. The lowest BCUT2D eigenvalue weighted by Gasteiger charge is -2.17. The minimum Gasteiger partial charge on any atom is -0.324 e. The predicted octanol–water partition coefficient (Wildman–Crippen LogP) is 2.14. The molecule has 1 aromatic rings. The molecule has 0 aliphatic rings. The quantitative estimate of drug-likeness (QED) is 0.851. The van der Waals surface area contributed by atoms with Crippen molar-refractivity contribution < 1.29 is 0 Å². The molecule has 1 rings (SSSR count). The first-order valence-corrected chi connectivity index (χ1v) is 5.81. The molecule has 0 saturated carbocycles. The third-order valence-electron chi connectivity index (χ3n) is 2.75. The number of hydrogen-bond donors (Lipinski definition) is 1. The Kier molecular flexibility index (Phi) is 3.92. The maximum Gasteiger partial charge on any atom is 0.255 e. The van der Waals surface area contributed by atoms with Crippen molar-refractivity contribution in [2.75, 3.05) is 0 Å². The van der Waals surface area contributed by atoms with E-state index in [1.165, 1.54) is 0 Å². The van der Waals surface area contributed by atoms with Crippen molar-refractivity contribution in [2.45, 2.75) is 47.2 Å². The lowest BCUT2D eigenvalue weighted by Crippen LogP contribution is -2.31. The van der Waals surface area contributed by atoms with Gasteiger partial charge in [0.2, 0.25) is 0 Å². The molecule has 0 radical (unpaired) electrons. The first kappa shape index (κ1) is 13.0. The van der Waals surface area contributed by atoms with Gasteiger partial charge in [-0.15, -0.1) is 0 Å². The van der Waals surface area contributed by atoms with E-state index in [1.807, 2.05) is 31.4 Å². The van der Waals surface area contributed by atoms with Crippen LogP contribution < -0.4 is 11.3 Å². The molecule has 1 atom stereocenters. The van der Waals surface area contributed by atoms with Gasteiger partial charge in [0, 0.05) is 23.8 Å². The number of nitrogens with zero attached hydrogens (tertiary/aromatic N) is 1. The van der Waals surface area contributed by atoms with Gasteiger partial charge in [0.05, 0.1) is 0 Å². The summed E-state index contributed by atoms with van der Waals surface area (Å²) in [5.41, 5.74) is 8.68. The van der Waals surface area contributed by atoms with E-state index < -0.39 is 0 Å². The van der Waals surface area contributed by atoms with Crippen molar-refractivity contribution >= 4 is 0 Å². The van der Waals surface area contributed by atoms with Crippen molar-refractivity contribution in [3.8, 4) is 0 Å². The normalized spacial score (nSPS) is 13.2. The van der Waals surface area contributed by atoms with Crippen molar-refractivity contribution in [1.82, 2.24) is 4.57 Å². The first-order valence-electron chi connectivity index (χ1n) is 5.81. The van der Waals surface area contributed by atoms with Crippen LogP contribution in [0.15, 0.2) is 10.9 Å². The number of pyridine rings is 1. The van der Waals surface area contributed by atoms with Gasteiger partial charge in [0.25, 0.3) is 5.56 Å². The minimum atomic E-state index is -0.202. The highest BCUT2D eigenvalue weighted by Crippen LogP contribution is 2.13. The SMILES string of the molecule is Cc1cc(C)n(CC(C)C)c(=O)c1C(C)N. The fraction of sp³-hybridized carbons (Fsp3) is 0.615. The molecule has 3 heteroatoms. The topological polar surface area (TPSA) is 48.0 Å². The largest absolute Gasteiger partial charge is 0.324 e. The van der Waals surface area contributed by atoms with E-state index in [0.717, 1.165) is 23.4 Å². The maximum absolute atomic E-state index is 12.3. The molecule has 0 amide bonds. The number of aryl methyl sites for hydroxylation is 2. The van der Waals surface area contributed by atoms with E-state index in [0.29, 0.717) is 5.92 Å². The Labute approximate surface area is 97.3 Å². The van der Waals surface area contributed by atoms with Gasteiger partial charge < -0.3 is 10.3 Å². The zero-order chi connectivity index (χ0) is 12.5. The lowest BCUT2D eigenvalue weighted by molar-refractivity contribution is 0.497. The number of aromatic nitrogens is 1. The Morgan fingerprint density at radius 1 is 1.31 bits per heavy atom. The predicted molar refractivity (Wildman–Crippen MR) is 67.6 cm³/mol. The molecular formula is C13H22N2O.